The first-order valence-corrected chi connectivity index (χ1v) is 5.37. The maximum atomic E-state index is 11.1. The summed E-state index contributed by atoms with van der Waals surface area (Å²) in [5.74, 6) is 0.644. The molecule has 0 aliphatic rings. The van der Waals surface area contributed by atoms with E-state index in [0.717, 1.165) is 5.82 Å². The van der Waals surface area contributed by atoms with E-state index in [1.807, 2.05) is 0 Å². The normalized spacial score (nSPS) is 10.3. The van der Waals surface area contributed by atoms with Gasteiger partial charge in [-0.3, -0.25) is 9.89 Å². The molecule has 15 heavy (non-hydrogen) atoms. The van der Waals surface area contributed by atoms with Crippen molar-refractivity contribution in [2.24, 2.45) is 0 Å². The number of rotatable bonds is 6. The highest BCUT2D eigenvalue weighted by atomic mass is 32.2. The number of aryl methyl sites for hydroxylation is 1. The molecule has 0 aliphatic carbocycles. The van der Waals surface area contributed by atoms with E-state index in [4.69, 9.17) is 9.47 Å². The number of carbonyl (C=O) groups is 1. The SMILES string of the molecule is COCCOC(=O)CSc1n[nH]c(C)n1. The monoisotopic (exact) mass is 231 g/mol. The Morgan fingerprint density at radius 3 is 2.93 bits per heavy atom. The van der Waals surface area contributed by atoms with Gasteiger partial charge >= 0.3 is 5.97 Å². The third-order valence-corrected chi connectivity index (χ3v) is 2.27. The molecule has 1 aromatic heterocycles. The molecule has 0 radical (unpaired) electrons. The number of esters is 1. The van der Waals surface area contributed by atoms with Gasteiger partial charge in [-0.05, 0) is 6.92 Å². The molecule has 0 atom stereocenters. The molecule has 7 heteroatoms. The van der Waals surface area contributed by atoms with Crippen LogP contribution in [0.5, 0.6) is 0 Å². The van der Waals surface area contributed by atoms with Crippen LogP contribution in [0.2, 0.25) is 0 Å². The smallest absolute Gasteiger partial charge is 0.316 e. The van der Waals surface area contributed by atoms with Gasteiger partial charge in [0.15, 0.2) is 0 Å². The third kappa shape index (κ3) is 4.80. The summed E-state index contributed by atoms with van der Waals surface area (Å²) in [6, 6.07) is 0. The first-order valence-electron chi connectivity index (χ1n) is 4.38. The minimum atomic E-state index is -0.292. The summed E-state index contributed by atoms with van der Waals surface area (Å²) in [7, 11) is 1.55. The lowest BCUT2D eigenvalue weighted by molar-refractivity contribution is -0.141. The second-order valence-electron chi connectivity index (χ2n) is 2.71. The van der Waals surface area contributed by atoms with E-state index >= 15 is 0 Å². The number of aromatic nitrogens is 3. The molecule has 0 unspecified atom stereocenters. The van der Waals surface area contributed by atoms with E-state index in [1.54, 1.807) is 14.0 Å². The van der Waals surface area contributed by atoms with Gasteiger partial charge < -0.3 is 9.47 Å². The van der Waals surface area contributed by atoms with Gasteiger partial charge in [-0.1, -0.05) is 11.8 Å². The van der Waals surface area contributed by atoms with Gasteiger partial charge in [0.1, 0.15) is 12.4 Å². The van der Waals surface area contributed by atoms with Gasteiger partial charge in [0, 0.05) is 7.11 Å². The second kappa shape index (κ2) is 6.41. The maximum absolute atomic E-state index is 11.1. The van der Waals surface area contributed by atoms with Crippen LogP contribution in [0.1, 0.15) is 5.82 Å². The number of carbonyl (C=O) groups excluding carboxylic acids is 1. The number of thioether (sulfide) groups is 1. The highest BCUT2D eigenvalue weighted by Crippen LogP contribution is 2.11. The number of hydrogen-bond acceptors (Lipinski definition) is 6. The fourth-order valence-corrected chi connectivity index (χ4v) is 1.43. The summed E-state index contributed by atoms with van der Waals surface area (Å²) in [5.41, 5.74) is 0. The minimum Gasteiger partial charge on any atom is -0.463 e. The first-order chi connectivity index (χ1) is 7.22. The van der Waals surface area contributed by atoms with Crippen molar-refractivity contribution < 1.29 is 14.3 Å². The van der Waals surface area contributed by atoms with Gasteiger partial charge in [-0.2, -0.15) is 0 Å². The van der Waals surface area contributed by atoms with Crippen LogP contribution in [0.4, 0.5) is 0 Å². The zero-order valence-electron chi connectivity index (χ0n) is 8.65. The molecule has 0 fully saturated rings. The average Bonchev–Trinajstić information content (AvgIpc) is 2.62. The highest BCUT2D eigenvalue weighted by Gasteiger charge is 2.06. The van der Waals surface area contributed by atoms with Crippen molar-refractivity contribution in [2.75, 3.05) is 26.1 Å². The van der Waals surface area contributed by atoms with Crippen molar-refractivity contribution in [1.29, 1.82) is 0 Å². The van der Waals surface area contributed by atoms with Crippen LogP contribution in [0.15, 0.2) is 5.16 Å². The summed E-state index contributed by atoms with van der Waals surface area (Å²) in [4.78, 5) is 15.2. The minimum absolute atomic E-state index is 0.209. The van der Waals surface area contributed by atoms with Gasteiger partial charge in [0.2, 0.25) is 5.16 Å². The van der Waals surface area contributed by atoms with E-state index in [1.165, 1.54) is 11.8 Å². The molecule has 0 bridgehead atoms. The summed E-state index contributed by atoms with van der Waals surface area (Å²) in [5, 5.41) is 7.12. The lowest BCUT2D eigenvalue weighted by atomic mass is 10.7. The van der Waals surface area contributed by atoms with E-state index in [0.29, 0.717) is 11.8 Å². The van der Waals surface area contributed by atoms with Crippen molar-refractivity contribution in [3.63, 3.8) is 0 Å². The van der Waals surface area contributed by atoms with Crippen molar-refractivity contribution in [3.05, 3.63) is 5.82 Å². The van der Waals surface area contributed by atoms with Crippen molar-refractivity contribution in [3.8, 4) is 0 Å². The van der Waals surface area contributed by atoms with Crippen molar-refractivity contribution >= 4 is 17.7 Å². The van der Waals surface area contributed by atoms with Crippen molar-refractivity contribution in [2.45, 2.75) is 12.1 Å². The van der Waals surface area contributed by atoms with Crippen LogP contribution in [-0.2, 0) is 14.3 Å². The largest absolute Gasteiger partial charge is 0.463 e. The zero-order chi connectivity index (χ0) is 11.1. The topological polar surface area (TPSA) is 77.1 Å². The van der Waals surface area contributed by atoms with Crippen LogP contribution in [-0.4, -0.2) is 47.2 Å². The highest BCUT2D eigenvalue weighted by molar-refractivity contribution is 7.99. The molecule has 0 aliphatic heterocycles. The Kier molecular flexibility index (Phi) is 5.13. The molecular weight excluding hydrogens is 218 g/mol. The number of methoxy groups -OCH3 is 1. The molecule has 1 N–H and O–H groups in total. The fraction of sp³-hybridized carbons (Fsp3) is 0.625. The Bertz CT molecular complexity index is 316. The fourth-order valence-electron chi connectivity index (χ4n) is 0.791. The zero-order valence-corrected chi connectivity index (χ0v) is 9.47. The predicted octanol–water partition coefficient (Wildman–Crippen LogP) is 0.395. The number of ether oxygens (including phenoxy) is 2. The summed E-state index contributed by atoms with van der Waals surface area (Å²) in [6.45, 7) is 2.49. The van der Waals surface area contributed by atoms with Gasteiger partial charge in [0.05, 0.1) is 12.4 Å². The molecule has 0 spiro atoms. The van der Waals surface area contributed by atoms with Gasteiger partial charge in [0.25, 0.3) is 0 Å². The second-order valence-corrected chi connectivity index (χ2v) is 3.65. The van der Waals surface area contributed by atoms with Crippen LogP contribution < -0.4 is 0 Å². The van der Waals surface area contributed by atoms with Crippen LogP contribution >= 0.6 is 11.8 Å². The Hall–Kier alpha value is -1.08. The van der Waals surface area contributed by atoms with E-state index in [2.05, 4.69) is 15.2 Å². The Morgan fingerprint density at radius 2 is 2.33 bits per heavy atom. The predicted molar refractivity (Wildman–Crippen MR) is 54.7 cm³/mol. The standard InChI is InChI=1S/C8H13N3O3S/c1-6-9-8(11-10-6)15-5-7(12)14-4-3-13-2/h3-5H2,1-2H3,(H,9,10,11). The van der Waals surface area contributed by atoms with Crippen LogP contribution in [0.25, 0.3) is 0 Å². The van der Waals surface area contributed by atoms with Gasteiger partial charge in [-0.15, -0.1) is 5.10 Å². The third-order valence-electron chi connectivity index (χ3n) is 1.45. The quantitative estimate of drug-likeness (QED) is 0.433. The molecule has 0 saturated carbocycles. The molecular formula is C8H13N3O3S. The number of H-pyrrole nitrogens is 1. The molecule has 1 rings (SSSR count). The molecule has 0 saturated heterocycles. The molecule has 0 amide bonds. The molecule has 1 heterocycles. The lowest BCUT2D eigenvalue weighted by Gasteiger charge is -2.01. The van der Waals surface area contributed by atoms with E-state index in [-0.39, 0.29) is 18.3 Å². The van der Waals surface area contributed by atoms with E-state index < -0.39 is 0 Å². The van der Waals surface area contributed by atoms with Gasteiger partial charge in [-0.25, -0.2) is 4.98 Å². The average molecular weight is 231 g/mol. The molecule has 84 valence electrons. The van der Waals surface area contributed by atoms with Crippen molar-refractivity contribution in [1.82, 2.24) is 15.2 Å². The Labute approximate surface area is 91.7 Å². The molecule has 1 aromatic rings. The lowest BCUT2D eigenvalue weighted by Crippen LogP contribution is -2.11. The van der Waals surface area contributed by atoms with Crippen LogP contribution in [0.3, 0.4) is 0 Å². The maximum Gasteiger partial charge on any atom is 0.316 e. The molecule has 0 aromatic carbocycles. The summed E-state index contributed by atoms with van der Waals surface area (Å²) in [6.07, 6.45) is 0. The van der Waals surface area contributed by atoms with E-state index in [9.17, 15) is 4.79 Å². The number of hydrogen-bond donors (Lipinski definition) is 1. The Morgan fingerprint density at radius 1 is 1.53 bits per heavy atom. The number of aromatic amines is 1. The number of nitrogens with zero attached hydrogens (tertiary/aromatic N) is 2. The summed E-state index contributed by atoms with van der Waals surface area (Å²) < 4.78 is 9.61. The molecule has 6 nitrogen and oxygen atoms in total. The number of nitrogens with one attached hydrogen (secondary N) is 1. The van der Waals surface area contributed by atoms with Crippen LogP contribution in [0, 0.1) is 6.92 Å². The Balaban J connectivity index is 2.16. The summed E-state index contributed by atoms with van der Waals surface area (Å²) >= 11 is 1.24. The first kappa shape index (κ1) is 12.0.